The van der Waals surface area contributed by atoms with Gasteiger partial charge in [0, 0.05) is 35.6 Å². The van der Waals surface area contributed by atoms with Crippen molar-refractivity contribution >= 4 is 11.8 Å². The largest absolute Gasteiger partial charge is 0.383 e. The highest BCUT2D eigenvalue weighted by molar-refractivity contribution is 5.79. The number of pyridine rings is 1. The molecule has 0 amide bonds. The fraction of sp³-hybridized carbons (Fsp3) is 0.158. The Morgan fingerprint density at radius 3 is 2.56 bits per heavy atom. The molecule has 124 valence electrons. The second kappa shape index (κ2) is 6.97. The summed E-state index contributed by atoms with van der Waals surface area (Å²) in [4.78, 5) is 12.9. The molecule has 1 aromatic carbocycles. The van der Waals surface area contributed by atoms with Crippen LogP contribution in [0.3, 0.4) is 0 Å². The van der Waals surface area contributed by atoms with Crippen LogP contribution < -0.4 is 11.1 Å². The predicted octanol–water partition coefficient (Wildman–Crippen LogP) is 3.40. The van der Waals surface area contributed by atoms with E-state index in [1.807, 2.05) is 44.2 Å². The third-order valence-corrected chi connectivity index (χ3v) is 3.77. The van der Waals surface area contributed by atoms with E-state index in [2.05, 4.69) is 26.3 Å². The van der Waals surface area contributed by atoms with Crippen LogP contribution in [0.4, 0.5) is 11.8 Å². The van der Waals surface area contributed by atoms with E-state index in [1.165, 1.54) is 0 Å². The van der Waals surface area contributed by atoms with Crippen LogP contribution in [0.2, 0.25) is 0 Å². The minimum absolute atomic E-state index is 0.201. The lowest BCUT2D eigenvalue weighted by atomic mass is 10.00. The summed E-state index contributed by atoms with van der Waals surface area (Å²) in [5.74, 6) is 0.748. The molecule has 0 spiro atoms. The van der Waals surface area contributed by atoms with E-state index < -0.39 is 0 Å². The molecule has 2 heterocycles. The molecule has 3 rings (SSSR count). The lowest BCUT2D eigenvalue weighted by molar-refractivity contribution is 1.09. The molecule has 0 atom stereocenters. The highest BCUT2D eigenvalue weighted by Gasteiger charge is 2.14. The predicted molar refractivity (Wildman–Crippen MR) is 98.7 cm³/mol. The second-order valence-electron chi connectivity index (χ2n) is 5.62. The SMILES string of the molecule is CCNc1ncc(-c2cc(-c3cccc(C)c3)nc(N)c2C#N)cn1. The minimum atomic E-state index is 0.201. The number of anilines is 2. The summed E-state index contributed by atoms with van der Waals surface area (Å²) >= 11 is 0. The quantitative estimate of drug-likeness (QED) is 0.760. The number of nitrogens with one attached hydrogen (secondary N) is 1. The van der Waals surface area contributed by atoms with Crippen molar-refractivity contribution in [2.75, 3.05) is 17.6 Å². The summed E-state index contributed by atoms with van der Waals surface area (Å²) < 4.78 is 0. The third-order valence-electron chi connectivity index (χ3n) is 3.77. The molecule has 3 N–H and O–H groups in total. The molecule has 0 aliphatic heterocycles. The Morgan fingerprint density at radius 1 is 1.16 bits per heavy atom. The lowest BCUT2D eigenvalue weighted by Crippen LogP contribution is -2.03. The maximum absolute atomic E-state index is 9.48. The molecule has 0 unspecified atom stereocenters. The van der Waals surface area contributed by atoms with Crippen molar-refractivity contribution < 1.29 is 0 Å². The molecule has 2 aromatic heterocycles. The molecule has 0 saturated carbocycles. The van der Waals surface area contributed by atoms with Gasteiger partial charge in [-0.2, -0.15) is 5.26 Å². The van der Waals surface area contributed by atoms with E-state index in [0.717, 1.165) is 23.2 Å². The molecule has 0 saturated heterocycles. The molecule has 6 nitrogen and oxygen atoms in total. The molecule has 0 bridgehead atoms. The van der Waals surface area contributed by atoms with Gasteiger partial charge in [0.1, 0.15) is 17.5 Å². The Bertz CT molecular complexity index is 941. The van der Waals surface area contributed by atoms with E-state index >= 15 is 0 Å². The van der Waals surface area contributed by atoms with Gasteiger partial charge in [0.25, 0.3) is 0 Å². The van der Waals surface area contributed by atoms with Crippen LogP contribution in [0.5, 0.6) is 0 Å². The van der Waals surface area contributed by atoms with Crippen molar-refractivity contribution in [1.82, 2.24) is 15.0 Å². The van der Waals surface area contributed by atoms with Crippen LogP contribution in [0.25, 0.3) is 22.4 Å². The van der Waals surface area contributed by atoms with E-state index in [-0.39, 0.29) is 5.82 Å². The van der Waals surface area contributed by atoms with Gasteiger partial charge >= 0.3 is 0 Å². The number of nitrogens with zero attached hydrogens (tertiary/aromatic N) is 4. The fourth-order valence-electron chi connectivity index (χ4n) is 2.58. The van der Waals surface area contributed by atoms with Gasteiger partial charge in [-0.15, -0.1) is 0 Å². The molecule has 0 aliphatic carbocycles. The zero-order valence-corrected chi connectivity index (χ0v) is 14.1. The monoisotopic (exact) mass is 330 g/mol. The fourth-order valence-corrected chi connectivity index (χ4v) is 2.58. The van der Waals surface area contributed by atoms with Crippen molar-refractivity contribution in [2.45, 2.75) is 13.8 Å². The summed E-state index contributed by atoms with van der Waals surface area (Å²) in [7, 11) is 0. The zero-order valence-electron chi connectivity index (χ0n) is 14.1. The first kappa shape index (κ1) is 16.4. The normalized spacial score (nSPS) is 10.3. The van der Waals surface area contributed by atoms with Crippen molar-refractivity contribution in [1.29, 1.82) is 5.26 Å². The van der Waals surface area contributed by atoms with Gasteiger partial charge < -0.3 is 11.1 Å². The number of aromatic nitrogens is 3. The van der Waals surface area contributed by atoms with E-state index in [0.29, 0.717) is 22.8 Å². The molecular formula is C19H18N6. The average molecular weight is 330 g/mol. The van der Waals surface area contributed by atoms with Gasteiger partial charge in [-0.05, 0) is 26.0 Å². The first-order chi connectivity index (χ1) is 12.1. The Hall–Kier alpha value is -3.46. The maximum Gasteiger partial charge on any atom is 0.222 e. The number of nitrogen functional groups attached to an aromatic ring is 1. The second-order valence-corrected chi connectivity index (χ2v) is 5.62. The highest BCUT2D eigenvalue weighted by Crippen LogP contribution is 2.31. The number of aryl methyl sites for hydroxylation is 1. The van der Waals surface area contributed by atoms with Gasteiger partial charge in [0.15, 0.2) is 0 Å². The molecule has 6 heteroatoms. The third kappa shape index (κ3) is 3.40. The molecule has 3 aromatic rings. The first-order valence-corrected chi connectivity index (χ1v) is 7.96. The molecule has 0 radical (unpaired) electrons. The van der Waals surface area contributed by atoms with Gasteiger partial charge in [0.2, 0.25) is 5.95 Å². The molecule has 0 aliphatic rings. The average Bonchev–Trinajstić information content (AvgIpc) is 2.62. The minimum Gasteiger partial charge on any atom is -0.383 e. The van der Waals surface area contributed by atoms with Crippen LogP contribution in [-0.2, 0) is 0 Å². The number of nitrogens with two attached hydrogens (primary N) is 1. The van der Waals surface area contributed by atoms with Crippen LogP contribution in [0, 0.1) is 18.3 Å². The lowest BCUT2D eigenvalue weighted by Gasteiger charge is -2.10. The Balaban J connectivity index is 2.13. The van der Waals surface area contributed by atoms with Crippen LogP contribution in [0.15, 0.2) is 42.7 Å². The van der Waals surface area contributed by atoms with Gasteiger partial charge in [0.05, 0.1) is 5.69 Å². The van der Waals surface area contributed by atoms with Crippen molar-refractivity contribution in [3.05, 3.63) is 53.9 Å². The summed E-state index contributed by atoms with van der Waals surface area (Å²) in [6.45, 7) is 4.73. The maximum atomic E-state index is 9.48. The zero-order chi connectivity index (χ0) is 17.8. The molecular weight excluding hydrogens is 312 g/mol. The summed E-state index contributed by atoms with van der Waals surface area (Å²) in [6.07, 6.45) is 3.36. The highest BCUT2D eigenvalue weighted by atomic mass is 15.1. The van der Waals surface area contributed by atoms with Crippen molar-refractivity contribution in [2.24, 2.45) is 0 Å². The number of hydrogen-bond donors (Lipinski definition) is 2. The number of benzene rings is 1. The Kier molecular flexibility index (Phi) is 4.57. The molecule has 0 fully saturated rings. The standard InChI is InChI=1S/C19H18N6/c1-3-22-19-23-10-14(11-24-19)15-8-17(25-18(21)16(15)9-20)13-6-4-5-12(2)7-13/h4-8,10-11H,3H2,1-2H3,(H2,21,25)(H,22,23,24). The smallest absolute Gasteiger partial charge is 0.222 e. The van der Waals surface area contributed by atoms with Crippen LogP contribution in [-0.4, -0.2) is 21.5 Å². The van der Waals surface area contributed by atoms with Gasteiger partial charge in [-0.1, -0.05) is 23.8 Å². The van der Waals surface area contributed by atoms with Crippen molar-refractivity contribution in [3.8, 4) is 28.5 Å². The number of nitriles is 1. The van der Waals surface area contributed by atoms with E-state index in [1.54, 1.807) is 12.4 Å². The summed E-state index contributed by atoms with van der Waals surface area (Å²) in [6, 6.07) is 12.0. The van der Waals surface area contributed by atoms with Crippen LogP contribution in [0.1, 0.15) is 18.1 Å². The number of hydrogen-bond acceptors (Lipinski definition) is 6. The Labute approximate surface area is 146 Å². The summed E-state index contributed by atoms with van der Waals surface area (Å²) in [5, 5.41) is 12.5. The number of rotatable bonds is 4. The topological polar surface area (TPSA) is 101 Å². The van der Waals surface area contributed by atoms with Gasteiger partial charge in [-0.25, -0.2) is 15.0 Å². The Morgan fingerprint density at radius 2 is 1.92 bits per heavy atom. The summed E-state index contributed by atoms with van der Waals surface area (Å²) in [5.41, 5.74) is 10.6. The van der Waals surface area contributed by atoms with E-state index in [9.17, 15) is 5.26 Å². The first-order valence-electron chi connectivity index (χ1n) is 7.96. The van der Waals surface area contributed by atoms with E-state index in [4.69, 9.17) is 5.73 Å². The van der Waals surface area contributed by atoms with Gasteiger partial charge in [-0.3, -0.25) is 0 Å². The van der Waals surface area contributed by atoms with Crippen LogP contribution >= 0.6 is 0 Å². The van der Waals surface area contributed by atoms with Crippen molar-refractivity contribution in [3.63, 3.8) is 0 Å². The molecule has 25 heavy (non-hydrogen) atoms.